The van der Waals surface area contributed by atoms with E-state index in [1.807, 2.05) is 24.4 Å². The number of aryl methyl sites for hydroxylation is 1. The third-order valence-corrected chi connectivity index (χ3v) is 3.76. The maximum absolute atomic E-state index is 6.13. The molecule has 2 rings (SSSR count). The molecule has 0 aliphatic carbocycles. The van der Waals surface area contributed by atoms with Gasteiger partial charge in [-0.1, -0.05) is 11.6 Å². The average Bonchev–Trinajstić information content (AvgIpc) is 2.80. The van der Waals surface area contributed by atoms with Crippen molar-refractivity contribution < 1.29 is 4.74 Å². The highest BCUT2D eigenvalue weighted by atomic mass is 35.5. The van der Waals surface area contributed by atoms with Gasteiger partial charge in [-0.2, -0.15) is 0 Å². The molecule has 3 nitrogen and oxygen atoms in total. The fourth-order valence-electron chi connectivity index (χ4n) is 1.55. The summed E-state index contributed by atoms with van der Waals surface area (Å²) in [5.74, 6) is 0.778. The number of halogens is 1. The summed E-state index contributed by atoms with van der Waals surface area (Å²) in [5, 5.41) is 3.58. The average molecular weight is 269 g/mol. The Labute approximate surface area is 109 Å². The minimum absolute atomic E-state index is 0.451. The second-order valence-corrected chi connectivity index (χ2v) is 4.98. The molecule has 0 unspecified atom stereocenters. The van der Waals surface area contributed by atoms with Crippen molar-refractivity contribution in [3.63, 3.8) is 0 Å². The number of thiazole rings is 1. The van der Waals surface area contributed by atoms with Gasteiger partial charge < -0.3 is 10.5 Å². The van der Waals surface area contributed by atoms with Crippen LogP contribution in [0.5, 0.6) is 5.75 Å². The maximum atomic E-state index is 6.13. The highest BCUT2D eigenvalue weighted by molar-refractivity contribution is 7.09. The lowest BCUT2D eigenvalue weighted by molar-refractivity contribution is 0.416. The molecule has 0 fully saturated rings. The Bertz CT molecular complexity index is 539. The molecule has 0 amide bonds. The molecule has 2 N–H and O–H groups in total. The predicted octanol–water partition coefficient (Wildman–Crippen LogP) is 3.24. The summed E-state index contributed by atoms with van der Waals surface area (Å²) in [6.07, 6.45) is 0. The summed E-state index contributed by atoms with van der Waals surface area (Å²) in [4.78, 5) is 4.43. The molecule has 0 bridgehead atoms. The number of hydrogen-bond donors (Lipinski definition) is 1. The van der Waals surface area contributed by atoms with E-state index < -0.39 is 0 Å². The molecule has 5 heteroatoms. The van der Waals surface area contributed by atoms with Crippen molar-refractivity contribution in [2.75, 3.05) is 7.11 Å². The molecular formula is C12H13ClN2OS. The molecule has 90 valence electrons. The number of nitrogens with two attached hydrogens (primary N) is 1. The smallest absolute Gasteiger partial charge is 0.128 e. The lowest BCUT2D eigenvalue weighted by Crippen LogP contribution is -1.95. The standard InChI is InChI=1S/C12H13ClN2OS/c1-7-3-11(16-2)8(4-9(7)13)10-6-17-12(5-14)15-10/h3-4,6H,5,14H2,1-2H3. The number of aromatic nitrogens is 1. The maximum Gasteiger partial charge on any atom is 0.128 e. The van der Waals surface area contributed by atoms with Crippen molar-refractivity contribution in [1.29, 1.82) is 0 Å². The van der Waals surface area contributed by atoms with Crippen LogP contribution in [-0.2, 0) is 6.54 Å². The SMILES string of the molecule is COc1cc(C)c(Cl)cc1-c1csc(CN)n1. The Kier molecular flexibility index (Phi) is 3.66. The fourth-order valence-corrected chi connectivity index (χ4v) is 2.39. The number of rotatable bonds is 3. The van der Waals surface area contributed by atoms with E-state index in [2.05, 4.69) is 4.98 Å². The van der Waals surface area contributed by atoms with E-state index in [0.29, 0.717) is 11.6 Å². The van der Waals surface area contributed by atoms with Gasteiger partial charge in [0.25, 0.3) is 0 Å². The van der Waals surface area contributed by atoms with Crippen molar-refractivity contribution in [1.82, 2.24) is 4.98 Å². The molecule has 0 aliphatic rings. The van der Waals surface area contributed by atoms with Crippen LogP contribution in [0.3, 0.4) is 0 Å². The fraction of sp³-hybridized carbons (Fsp3) is 0.250. The van der Waals surface area contributed by atoms with Crippen LogP contribution in [0, 0.1) is 6.92 Å². The summed E-state index contributed by atoms with van der Waals surface area (Å²) < 4.78 is 5.35. The quantitative estimate of drug-likeness (QED) is 0.930. The summed E-state index contributed by atoms with van der Waals surface area (Å²) in [5.41, 5.74) is 8.30. The third kappa shape index (κ3) is 2.44. The summed E-state index contributed by atoms with van der Waals surface area (Å²) in [6, 6.07) is 3.80. The lowest BCUT2D eigenvalue weighted by Gasteiger charge is -2.08. The lowest BCUT2D eigenvalue weighted by atomic mass is 10.1. The van der Waals surface area contributed by atoms with E-state index >= 15 is 0 Å². The van der Waals surface area contributed by atoms with Crippen LogP contribution in [-0.4, -0.2) is 12.1 Å². The zero-order valence-corrected chi connectivity index (χ0v) is 11.2. The first-order valence-corrected chi connectivity index (χ1v) is 6.40. The Hall–Kier alpha value is -1.10. The van der Waals surface area contributed by atoms with Gasteiger partial charge in [0.05, 0.1) is 12.8 Å². The predicted molar refractivity (Wildman–Crippen MR) is 71.7 cm³/mol. The van der Waals surface area contributed by atoms with Gasteiger partial charge in [-0.25, -0.2) is 4.98 Å². The van der Waals surface area contributed by atoms with Gasteiger partial charge in [0.2, 0.25) is 0 Å². The van der Waals surface area contributed by atoms with Crippen LogP contribution < -0.4 is 10.5 Å². The topological polar surface area (TPSA) is 48.1 Å². The van der Waals surface area contributed by atoms with Crippen molar-refractivity contribution in [2.45, 2.75) is 13.5 Å². The van der Waals surface area contributed by atoms with Crippen LogP contribution in [0.2, 0.25) is 5.02 Å². The van der Waals surface area contributed by atoms with Crippen LogP contribution in [0.4, 0.5) is 0 Å². The zero-order chi connectivity index (χ0) is 12.4. The van der Waals surface area contributed by atoms with Gasteiger partial charge >= 0.3 is 0 Å². The Morgan fingerprint density at radius 2 is 2.24 bits per heavy atom. The molecule has 0 atom stereocenters. The normalized spacial score (nSPS) is 10.6. The number of nitrogens with zero attached hydrogens (tertiary/aromatic N) is 1. The second-order valence-electron chi connectivity index (χ2n) is 3.63. The minimum Gasteiger partial charge on any atom is -0.496 e. The van der Waals surface area contributed by atoms with Gasteiger partial charge in [-0.05, 0) is 24.6 Å². The molecule has 1 aromatic carbocycles. The van der Waals surface area contributed by atoms with Crippen LogP contribution in [0.1, 0.15) is 10.6 Å². The van der Waals surface area contributed by atoms with Crippen molar-refractivity contribution >= 4 is 22.9 Å². The molecule has 2 aromatic rings. The molecular weight excluding hydrogens is 256 g/mol. The van der Waals surface area contributed by atoms with Gasteiger partial charge in [-0.15, -0.1) is 11.3 Å². The van der Waals surface area contributed by atoms with Gasteiger partial charge in [0.15, 0.2) is 0 Å². The number of benzene rings is 1. The van der Waals surface area contributed by atoms with Crippen molar-refractivity contribution in [3.8, 4) is 17.0 Å². The van der Waals surface area contributed by atoms with E-state index in [1.54, 1.807) is 7.11 Å². The monoisotopic (exact) mass is 268 g/mol. The van der Waals surface area contributed by atoms with Crippen molar-refractivity contribution in [2.24, 2.45) is 5.73 Å². The Morgan fingerprint density at radius 1 is 1.47 bits per heavy atom. The number of methoxy groups -OCH3 is 1. The van der Waals surface area contributed by atoms with E-state index in [1.165, 1.54) is 11.3 Å². The Balaban J connectivity index is 2.53. The first-order chi connectivity index (χ1) is 8.15. The molecule has 0 saturated carbocycles. The Morgan fingerprint density at radius 3 is 2.82 bits per heavy atom. The molecule has 0 aliphatic heterocycles. The van der Waals surface area contributed by atoms with E-state index in [9.17, 15) is 0 Å². The molecule has 17 heavy (non-hydrogen) atoms. The van der Waals surface area contributed by atoms with Crippen LogP contribution in [0.25, 0.3) is 11.3 Å². The van der Waals surface area contributed by atoms with Gasteiger partial charge in [0, 0.05) is 22.5 Å². The molecule has 0 saturated heterocycles. The number of hydrogen-bond acceptors (Lipinski definition) is 4. The zero-order valence-electron chi connectivity index (χ0n) is 9.66. The van der Waals surface area contributed by atoms with Crippen LogP contribution >= 0.6 is 22.9 Å². The second kappa shape index (κ2) is 5.04. The molecule has 1 heterocycles. The number of ether oxygens (including phenoxy) is 1. The summed E-state index contributed by atoms with van der Waals surface area (Å²) in [7, 11) is 1.64. The first kappa shape index (κ1) is 12.4. The highest BCUT2D eigenvalue weighted by Gasteiger charge is 2.12. The van der Waals surface area contributed by atoms with E-state index in [4.69, 9.17) is 22.1 Å². The third-order valence-electron chi connectivity index (χ3n) is 2.48. The summed E-state index contributed by atoms with van der Waals surface area (Å²) in [6.45, 7) is 2.40. The van der Waals surface area contributed by atoms with Gasteiger partial charge in [0.1, 0.15) is 10.8 Å². The highest BCUT2D eigenvalue weighted by Crippen LogP contribution is 2.34. The molecule has 0 radical (unpaired) electrons. The molecule has 0 spiro atoms. The summed E-state index contributed by atoms with van der Waals surface area (Å²) >= 11 is 7.67. The minimum atomic E-state index is 0.451. The largest absolute Gasteiger partial charge is 0.496 e. The first-order valence-electron chi connectivity index (χ1n) is 5.14. The molecule has 1 aromatic heterocycles. The van der Waals surface area contributed by atoms with E-state index in [0.717, 1.165) is 27.6 Å². The van der Waals surface area contributed by atoms with Crippen LogP contribution in [0.15, 0.2) is 17.5 Å². The van der Waals surface area contributed by atoms with E-state index in [-0.39, 0.29) is 0 Å². The van der Waals surface area contributed by atoms with Crippen molar-refractivity contribution in [3.05, 3.63) is 33.1 Å². The van der Waals surface area contributed by atoms with Gasteiger partial charge in [-0.3, -0.25) is 0 Å².